The van der Waals surface area contributed by atoms with E-state index in [9.17, 15) is 4.79 Å². The first-order valence-electron chi connectivity index (χ1n) is 6.87. The Bertz CT molecular complexity index is 510. The van der Waals surface area contributed by atoms with E-state index in [-0.39, 0.29) is 11.3 Å². The number of rotatable bonds is 3. The topological polar surface area (TPSA) is 53.3 Å². The van der Waals surface area contributed by atoms with Gasteiger partial charge in [-0.25, -0.2) is 0 Å². The third kappa shape index (κ3) is 3.37. The molecule has 0 atom stereocenters. The molecular weight excluding hydrogens is 252 g/mol. The van der Waals surface area contributed by atoms with Gasteiger partial charge in [-0.1, -0.05) is 6.92 Å². The molecule has 1 aliphatic rings. The second-order valence-electron chi connectivity index (χ2n) is 5.77. The largest absolute Gasteiger partial charge is 0.381 e. The summed E-state index contributed by atoms with van der Waals surface area (Å²) in [7, 11) is 1.83. The van der Waals surface area contributed by atoms with E-state index < -0.39 is 0 Å². The Hall–Kier alpha value is -1.86. The number of benzene rings is 1. The lowest BCUT2D eigenvalue weighted by Crippen LogP contribution is -2.40. The molecule has 0 aromatic heterocycles. The van der Waals surface area contributed by atoms with Crippen molar-refractivity contribution in [2.45, 2.75) is 19.8 Å². The molecule has 1 heterocycles. The number of hydrogen-bond acceptors (Lipinski definition) is 3. The number of nitrogens with zero attached hydrogens (tertiary/aromatic N) is 2. The summed E-state index contributed by atoms with van der Waals surface area (Å²) in [5.74, 6) is 0.00204. The second-order valence-corrected chi connectivity index (χ2v) is 5.77. The fourth-order valence-electron chi connectivity index (χ4n) is 2.57. The first kappa shape index (κ1) is 14.5. The van der Waals surface area contributed by atoms with Crippen LogP contribution in [0.1, 0.15) is 35.7 Å². The van der Waals surface area contributed by atoms with Gasteiger partial charge in [-0.2, -0.15) is 5.26 Å². The van der Waals surface area contributed by atoms with E-state index in [0.717, 1.165) is 32.6 Å². The fourth-order valence-corrected chi connectivity index (χ4v) is 2.57. The van der Waals surface area contributed by atoms with Crippen LogP contribution in [0.2, 0.25) is 0 Å². The van der Waals surface area contributed by atoms with Crippen LogP contribution in [0, 0.1) is 16.7 Å². The van der Waals surface area contributed by atoms with Gasteiger partial charge < -0.3 is 9.64 Å². The number of hydrogen-bond donors (Lipinski definition) is 0. The van der Waals surface area contributed by atoms with Crippen LogP contribution in [0.25, 0.3) is 0 Å². The Morgan fingerprint density at radius 2 is 1.95 bits per heavy atom. The highest BCUT2D eigenvalue weighted by molar-refractivity contribution is 5.94. The lowest BCUT2D eigenvalue weighted by molar-refractivity contribution is 0.00917. The van der Waals surface area contributed by atoms with Crippen LogP contribution in [0.3, 0.4) is 0 Å². The maximum Gasteiger partial charge on any atom is 0.253 e. The number of ether oxygens (including phenoxy) is 1. The highest BCUT2D eigenvalue weighted by atomic mass is 16.5. The Labute approximate surface area is 120 Å². The molecule has 106 valence electrons. The van der Waals surface area contributed by atoms with Crippen molar-refractivity contribution < 1.29 is 9.53 Å². The molecule has 1 aromatic carbocycles. The molecule has 4 heteroatoms. The Balaban J connectivity index is 2.02. The van der Waals surface area contributed by atoms with Crippen LogP contribution in [0.15, 0.2) is 24.3 Å². The third-order valence-electron chi connectivity index (χ3n) is 3.93. The van der Waals surface area contributed by atoms with Crippen molar-refractivity contribution in [3.8, 4) is 6.07 Å². The van der Waals surface area contributed by atoms with Gasteiger partial charge in [0.05, 0.1) is 11.6 Å². The lowest BCUT2D eigenvalue weighted by atomic mass is 9.82. The minimum atomic E-state index is 0.00204. The van der Waals surface area contributed by atoms with Crippen LogP contribution in [0.4, 0.5) is 0 Å². The van der Waals surface area contributed by atoms with E-state index in [1.165, 1.54) is 0 Å². The van der Waals surface area contributed by atoms with Gasteiger partial charge >= 0.3 is 0 Å². The summed E-state index contributed by atoms with van der Waals surface area (Å²) in [5.41, 5.74) is 1.33. The average Bonchev–Trinajstić information content (AvgIpc) is 2.47. The minimum Gasteiger partial charge on any atom is -0.381 e. The van der Waals surface area contributed by atoms with Gasteiger partial charge in [-0.15, -0.1) is 0 Å². The monoisotopic (exact) mass is 272 g/mol. The highest BCUT2D eigenvalue weighted by Gasteiger charge is 2.30. The van der Waals surface area contributed by atoms with Gasteiger partial charge in [-0.3, -0.25) is 4.79 Å². The fraction of sp³-hybridized carbons (Fsp3) is 0.500. The van der Waals surface area contributed by atoms with Crippen LogP contribution < -0.4 is 0 Å². The molecule has 0 aliphatic carbocycles. The van der Waals surface area contributed by atoms with Crippen molar-refractivity contribution in [1.29, 1.82) is 5.26 Å². The Morgan fingerprint density at radius 3 is 2.50 bits per heavy atom. The zero-order chi connectivity index (χ0) is 14.6. The predicted octanol–water partition coefficient (Wildman–Crippen LogP) is 2.45. The molecule has 1 fully saturated rings. The van der Waals surface area contributed by atoms with Crippen LogP contribution >= 0.6 is 0 Å². The quantitative estimate of drug-likeness (QED) is 0.849. The van der Waals surface area contributed by atoms with Crippen molar-refractivity contribution >= 4 is 5.91 Å². The van der Waals surface area contributed by atoms with Crippen molar-refractivity contribution in [2.24, 2.45) is 5.41 Å². The van der Waals surface area contributed by atoms with Gasteiger partial charge in [-0.05, 0) is 42.5 Å². The minimum absolute atomic E-state index is 0.00204. The summed E-state index contributed by atoms with van der Waals surface area (Å²) >= 11 is 0. The van der Waals surface area contributed by atoms with Gasteiger partial charge in [0.25, 0.3) is 5.91 Å². The molecule has 20 heavy (non-hydrogen) atoms. The Morgan fingerprint density at radius 1 is 1.35 bits per heavy atom. The average molecular weight is 272 g/mol. The van der Waals surface area contributed by atoms with E-state index in [4.69, 9.17) is 10.00 Å². The number of carbonyl (C=O) groups is 1. The number of carbonyl (C=O) groups excluding carboxylic acids is 1. The number of nitriles is 1. The molecule has 0 unspecified atom stereocenters. The second kappa shape index (κ2) is 6.06. The van der Waals surface area contributed by atoms with Crippen molar-refractivity contribution in [3.63, 3.8) is 0 Å². The molecule has 0 saturated carbocycles. The lowest BCUT2D eigenvalue weighted by Gasteiger charge is -2.36. The third-order valence-corrected chi connectivity index (χ3v) is 3.93. The van der Waals surface area contributed by atoms with E-state index in [0.29, 0.717) is 11.1 Å². The van der Waals surface area contributed by atoms with Gasteiger partial charge in [0.1, 0.15) is 0 Å². The molecule has 1 saturated heterocycles. The van der Waals surface area contributed by atoms with Crippen molar-refractivity contribution in [1.82, 2.24) is 4.90 Å². The summed E-state index contributed by atoms with van der Waals surface area (Å²) < 4.78 is 5.38. The van der Waals surface area contributed by atoms with Gasteiger partial charge in [0.2, 0.25) is 0 Å². The zero-order valence-corrected chi connectivity index (χ0v) is 12.1. The smallest absolute Gasteiger partial charge is 0.253 e. The van der Waals surface area contributed by atoms with Crippen LogP contribution in [-0.4, -0.2) is 37.6 Å². The van der Waals surface area contributed by atoms with Crippen LogP contribution in [0.5, 0.6) is 0 Å². The number of amides is 1. The molecule has 4 nitrogen and oxygen atoms in total. The molecule has 0 radical (unpaired) electrons. The van der Waals surface area contributed by atoms with E-state index in [2.05, 4.69) is 13.0 Å². The molecule has 0 N–H and O–H groups in total. The summed E-state index contributed by atoms with van der Waals surface area (Å²) in [4.78, 5) is 14.1. The zero-order valence-electron chi connectivity index (χ0n) is 12.1. The van der Waals surface area contributed by atoms with Crippen molar-refractivity contribution in [3.05, 3.63) is 35.4 Å². The SMILES string of the molecule is CN(CC1(C)CCOCC1)C(=O)c1ccc(C#N)cc1. The Kier molecular flexibility index (Phi) is 4.41. The predicted molar refractivity (Wildman–Crippen MR) is 76.3 cm³/mol. The summed E-state index contributed by atoms with van der Waals surface area (Å²) in [5, 5.41) is 8.77. The first-order chi connectivity index (χ1) is 9.54. The maximum atomic E-state index is 12.4. The van der Waals surface area contributed by atoms with E-state index >= 15 is 0 Å². The molecule has 1 aromatic rings. The van der Waals surface area contributed by atoms with E-state index in [1.54, 1.807) is 29.2 Å². The molecule has 0 bridgehead atoms. The molecule has 0 spiro atoms. The molecule has 2 rings (SSSR count). The summed E-state index contributed by atoms with van der Waals surface area (Å²) in [6.45, 7) is 4.48. The standard InChI is InChI=1S/C16H20N2O2/c1-16(7-9-20-10-8-16)12-18(2)15(19)14-5-3-13(11-17)4-6-14/h3-6H,7-10,12H2,1-2H3. The van der Waals surface area contributed by atoms with E-state index in [1.807, 2.05) is 7.05 Å². The normalized spacial score (nSPS) is 17.2. The maximum absolute atomic E-state index is 12.4. The molecular formula is C16H20N2O2. The first-order valence-corrected chi connectivity index (χ1v) is 6.87. The molecule has 1 amide bonds. The van der Waals surface area contributed by atoms with Crippen LogP contribution in [-0.2, 0) is 4.74 Å². The summed E-state index contributed by atoms with van der Waals surface area (Å²) in [6.07, 6.45) is 1.97. The highest BCUT2D eigenvalue weighted by Crippen LogP contribution is 2.30. The van der Waals surface area contributed by atoms with Crippen molar-refractivity contribution in [2.75, 3.05) is 26.8 Å². The molecule has 1 aliphatic heterocycles. The van der Waals surface area contributed by atoms with Gasteiger partial charge in [0.15, 0.2) is 0 Å². The van der Waals surface area contributed by atoms with Gasteiger partial charge in [0, 0.05) is 32.4 Å². The summed E-state index contributed by atoms with van der Waals surface area (Å²) in [6, 6.07) is 8.83.